The maximum Gasteiger partial charge on any atom is 0.248 e. The van der Waals surface area contributed by atoms with Crippen molar-refractivity contribution in [3.63, 3.8) is 0 Å². The molecule has 5 N–H and O–H groups in total. The van der Waals surface area contributed by atoms with Gasteiger partial charge in [0.1, 0.15) is 6.04 Å². The van der Waals surface area contributed by atoms with Gasteiger partial charge in [-0.05, 0) is 70.1 Å². The van der Waals surface area contributed by atoms with Crippen molar-refractivity contribution in [1.82, 2.24) is 15.5 Å². The van der Waals surface area contributed by atoms with Crippen molar-refractivity contribution in [2.75, 3.05) is 13.2 Å². The zero-order valence-electron chi connectivity index (χ0n) is 29.2. The number of ether oxygens (including phenoxy) is 1. The fourth-order valence-corrected chi connectivity index (χ4v) is 6.20. The molecule has 6 atom stereocenters. The van der Waals surface area contributed by atoms with Gasteiger partial charge < -0.3 is 31.1 Å². The second-order valence-electron chi connectivity index (χ2n) is 13.5. The quantitative estimate of drug-likeness (QED) is 0.169. The Morgan fingerprint density at radius 2 is 1.63 bits per heavy atom. The van der Waals surface area contributed by atoms with Crippen LogP contribution in [-0.4, -0.2) is 71.2 Å². The van der Waals surface area contributed by atoms with Gasteiger partial charge in [-0.25, -0.2) is 0 Å². The fraction of sp³-hybridized carbons (Fsp3) is 0.425. The second-order valence-corrected chi connectivity index (χ2v) is 13.5. The number of carbonyl (C=O) groups excluding carboxylic acids is 3. The van der Waals surface area contributed by atoms with E-state index in [-0.39, 0.29) is 31.1 Å². The molecular weight excluding hydrogens is 616 g/mol. The molecule has 0 saturated carbocycles. The number of nitrogens with zero attached hydrogens (tertiary/aromatic N) is 1. The number of aryl methyl sites for hydroxylation is 1. The van der Waals surface area contributed by atoms with Crippen LogP contribution in [0.4, 0.5) is 0 Å². The maximum atomic E-state index is 14.2. The lowest BCUT2D eigenvalue weighted by molar-refractivity contribution is -0.141. The minimum absolute atomic E-state index is 0.200. The Bertz CT molecular complexity index is 1550. The van der Waals surface area contributed by atoms with E-state index in [1.165, 1.54) is 0 Å². The Labute approximate surface area is 290 Å². The molecule has 1 fully saturated rings. The van der Waals surface area contributed by atoms with E-state index in [9.17, 15) is 19.5 Å². The minimum atomic E-state index is -0.982. The van der Waals surface area contributed by atoms with Gasteiger partial charge in [0.2, 0.25) is 17.7 Å². The largest absolute Gasteiger partial charge is 0.394 e. The lowest BCUT2D eigenvalue weighted by atomic mass is 9.81. The predicted molar refractivity (Wildman–Crippen MR) is 192 cm³/mol. The first-order chi connectivity index (χ1) is 23.5. The lowest BCUT2D eigenvalue weighted by Gasteiger charge is -2.32. The van der Waals surface area contributed by atoms with Gasteiger partial charge in [0.25, 0.3) is 0 Å². The van der Waals surface area contributed by atoms with Crippen LogP contribution in [0, 0.1) is 12.3 Å². The fourth-order valence-electron chi connectivity index (χ4n) is 6.20. The monoisotopic (exact) mass is 668 g/mol. The average Bonchev–Trinajstić information content (AvgIpc) is 3.57. The van der Waals surface area contributed by atoms with Crippen molar-refractivity contribution >= 4 is 17.7 Å². The zero-order chi connectivity index (χ0) is 35.4. The average molecular weight is 669 g/mol. The molecule has 0 aliphatic carbocycles. The second kappa shape index (κ2) is 17.9. The molecule has 262 valence electrons. The van der Waals surface area contributed by atoms with Crippen molar-refractivity contribution in [1.29, 1.82) is 0 Å². The van der Waals surface area contributed by atoms with E-state index >= 15 is 0 Å². The summed E-state index contributed by atoms with van der Waals surface area (Å²) in [4.78, 5) is 42.8. The molecule has 0 bridgehead atoms. The number of aliphatic hydroxyl groups is 1. The molecule has 9 heteroatoms. The number of nitrogens with one attached hydrogen (secondary N) is 2. The molecule has 1 heterocycles. The van der Waals surface area contributed by atoms with E-state index in [4.69, 9.17) is 10.5 Å². The van der Waals surface area contributed by atoms with Crippen molar-refractivity contribution in [2.45, 2.75) is 90.3 Å². The van der Waals surface area contributed by atoms with Crippen LogP contribution in [0.3, 0.4) is 0 Å². The number of hydrogen-bond acceptors (Lipinski definition) is 6. The molecule has 9 nitrogen and oxygen atoms in total. The van der Waals surface area contributed by atoms with Crippen molar-refractivity contribution in [2.24, 2.45) is 11.1 Å². The topological polar surface area (TPSA) is 134 Å². The molecule has 1 saturated heterocycles. The van der Waals surface area contributed by atoms with Crippen molar-refractivity contribution < 1.29 is 24.2 Å². The minimum Gasteiger partial charge on any atom is -0.394 e. The lowest BCUT2D eigenvalue weighted by Crippen LogP contribution is -2.57. The first kappa shape index (κ1) is 37.5. The summed E-state index contributed by atoms with van der Waals surface area (Å²) >= 11 is 0. The number of rotatable bonds is 16. The smallest absolute Gasteiger partial charge is 0.248 e. The Morgan fingerprint density at radius 3 is 2.27 bits per heavy atom. The summed E-state index contributed by atoms with van der Waals surface area (Å²) in [5.74, 6) is -0.896. The van der Waals surface area contributed by atoms with Gasteiger partial charge in [-0.15, -0.1) is 0 Å². The van der Waals surface area contributed by atoms with Gasteiger partial charge in [-0.3, -0.25) is 14.4 Å². The third-order valence-corrected chi connectivity index (χ3v) is 9.12. The number of nitrogens with two attached hydrogens (primary N) is 1. The third kappa shape index (κ3) is 10.8. The van der Waals surface area contributed by atoms with Crippen LogP contribution in [-0.2, 0) is 38.6 Å². The van der Waals surface area contributed by atoms with Crippen LogP contribution >= 0.6 is 0 Å². The number of carbonyl (C=O) groups is 3. The standard InChI is InChI=1S/C40H52N4O5/c1-28-13-11-18-33(23-28)25-40(4,39(48)42-34(26-45)24-31-14-7-5-8-15-31)21-20-35-19-12-22-44(35)38(47)36(43-37(46)29(2)41)30(3)49-27-32-16-9-6-10-17-32/h5-11,13-18,20-21,23,29-30,34-36,45H,12,19,22,24-27,41H2,1-4H3,(H,42,48)(H,43,46)/b21-20+/t29?,30?,34-,35?,36?,40-/m0/s1. The van der Waals surface area contributed by atoms with Crippen LogP contribution in [0.5, 0.6) is 0 Å². The zero-order valence-corrected chi connectivity index (χ0v) is 29.2. The molecular formula is C40H52N4O5. The Balaban J connectivity index is 1.56. The van der Waals surface area contributed by atoms with Crippen LogP contribution in [0.2, 0.25) is 0 Å². The molecule has 3 aromatic carbocycles. The van der Waals surface area contributed by atoms with Crippen molar-refractivity contribution in [3.05, 3.63) is 119 Å². The van der Waals surface area contributed by atoms with Gasteiger partial charge in [-0.2, -0.15) is 0 Å². The summed E-state index contributed by atoms with van der Waals surface area (Å²) < 4.78 is 6.10. The molecule has 0 radical (unpaired) electrons. The highest BCUT2D eigenvalue weighted by Gasteiger charge is 2.38. The van der Waals surface area contributed by atoms with Crippen LogP contribution in [0.15, 0.2) is 97.1 Å². The molecule has 3 amide bonds. The molecule has 4 rings (SSSR count). The van der Waals surface area contributed by atoms with E-state index in [0.29, 0.717) is 25.8 Å². The molecule has 0 aromatic heterocycles. The summed E-state index contributed by atoms with van der Waals surface area (Å²) in [6, 6.07) is 25.0. The van der Waals surface area contributed by atoms with Gasteiger partial charge in [-0.1, -0.05) is 103 Å². The van der Waals surface area contributed by atoms with E-state index in [1.807, 2.05) is 105 Å². The van der Waals surface area contributed by atoms with Gasteiger partial charge in [0.05, 0.1) is 42.9 Å². The first-order valence-corrected chi connectivity index (χ1v) is 17.2. The number of hydrogen-bond donors (Lipinski definition) is 4. The Morgan fingerprint density at radius 1 is 0.980 bits per heavy atom. The van der Waals surface area contributed by atoms with Gasteiger partial charge in [0, 0.05) is 6.54 Å². The van der Waals surface area contributed by atoms with E-state index in [1.54, 1.807) is 18.7 Å². The Hall–Kier alpha value is -4.31. The van der Waals surface area contributed by atoms with Gasteiger partial charge in [0.15, 0.2) is 0 Å². The summed E-state index contributed by atoms with van der Waals surface area (Å²) in [5, 5.41) is 16.1. The van der Waals surface area contributed by atoms with Crippen LogP contribution in [0.1, 0.15) is 55.9 Å². The van der Waals surface area contributed by atoms with Gasteiger partial charge >= 0.3 is 0 Å². The highest BCUT2D eigenvalue weighted by molar-refractivity contribution is 5.90. The number of aliphatic hydroxyl groups excluding tert-OH is 1. The molecule has 0 spiro atoms. The van der Waals surface area contributed by atoms with E-state index in [2.05, 4.69) is 16.7 Å². The highest BCUT2D eigenvalue weighted by atomic mass is 16.5. The third-order valence-electron chi connectivity index (χ3n) is 9.12. The summed E-state index contributed by atoms with van der Waals surface area (Å²) in [5.41, 5.74) is 8.97. The summed E-state index contributed by atoms with van der Waals surface area (Å²) in [7, 11) is 0. The number of benzene rings is 3. The summed E-state index contributed by atoms with van der Waals surface area (Å²) in [6.07, 6.45) is 5.64. The predicted octanol–water partition coefficient (Wildman–Crippen LogP) is 4.25. The molecule has 4 unspecified atom stereocenters. The number of likely N-dealkylation sites (tertiary alicyclic amines) is 1. The molecule has 1 aliphatic rings. The molecule has 49 heavy (non-hydrogen) atoms. The molecule has 3 aromatic rings. The highest BCUT2D eigenvalue weighted by Crippen LogP contribution is 2.29. The van der Waals surface area contributed by atoms with E-state index in [0.717, 1.165) is 28.7 Å². The SMILES string of the molecule is Cc1cccc(C[C@](C)(/C=C/C2CCCN2C(=O)C(NC(=O)C(C)N)C(C)OCc2ccccc2)C(=O)N[C@H](CO)Cc2ccccc2)c1. The maximum absolute atomic E-state index is 14.2. The van der Waals surface area contributed by atoms with Crippen LogP contribution in [0.25, 0.3) is 0 Å². The number of amides is 3. The van der Waals surface area contributed by atoms with Crippen molar-refractivity contribution in [3.8, 4) is 0 Å². The Kier molecular flexibility index (Phi) is 13.7. The van der Waals surface area contributed by atoms with Crippen LogP contribution < -0.4 is 16.4 Å². The first-order valence-electron chi connectivity index (χ1n) is 17.2. The van der Waals surface area contributed by atoms with E-state index < -0.39 is 35.6 Å². The summed E-state index contributed by atoms with van der Waals surface area (Å²) in [6.45, 7) is 7.87. The normalized spacial score (nSPS) is 18.3. The molecule has 1 aliphatic heterocycles.